The fourth-order valence-electron chi connectivity index (χ4n) is 2.30. The number of aromatic amines is 1. The Balaban J connectivity index is 2.25. The maximum absolute atomic E-state index is 11.2. The minimum absolute atomic E-state index is 0.0474. The summed E-state index contributed by atoms with van der Waals surface area (Å²) in [5.41, 5.74) is 2.22. The highest BCUT2D eigenvalue weighted by Crippen LogP contribution is 2.45. The van der Waals surface area contributed by atoms with Gasteiger partial charge in [0.05, 0.1) is 0 Å². The van der Waals surface area contributed by atoms with Gasteiger partial charge in [-0.1, -0.05) is 13.0 Å². The highest BCUT2D eigenvalue weighted by Gasteiger charge is 2.33. The van der Waals surface area contributed by atoms with E-state index in [0.717, 1.165) is 16.0 Å². The van der Waals surface area contributed by atoms with Crippen molar-refractivity contribution in [3.05, 3.63) is 30.0 Å². The summed E-state index contributed by atoms with van der Waals surface area (Å²) in [4.78, 5) is 15.5. The van der Waals surface area contributed by atoms with Crippen molar-refractivity contribution in [3.63, 3.8) is 0 Å². The van der Waals surface area contributed by atoms with Gasteiger partial charge in [-0.3, -0.25) is 4.79 Å². The Hall–Kier alpha value is -1.42. The minimum atomic E-state index is -0.735. The Morgan fingerprint density at radius 3 is 3.06 bits per heavy atom. The van der Waals surface area contributed by atoms with Crippen LogP contribution in [-0.2, 0) is 4.79 Å². The lowest BCUT2D eigenvalue weighted by Gasteiger charge is -2.25. The van der Waals surface area contributed by atoms with E-state index >= 15 is 0 Å². The Labute approximate surface area is 96.9 Å². The molecule has 0 unspecified atom stereocenters. The summed E-state index contributed by atoms with van der Waals surface area (Å²) in [6, 6.07) is 5.97. The standard InChI is InChI=1S/C12H11NO2S/c1-6-7-5-13-8-3-2-4-9(10(7)8)16-11(6)12(14)15/h2-6,11,13H,1H3,(H,14,15)/t6-,11+/m0/s1. The van der Waals surface area contributed by atoms with Crippen LogP contribution in [0, 0.1) is 0 Å². The number of carboxylic acid groups (broad SMARTS) is 1. The summed E-state index contributed by atoms with van der Waals surface area (Å²) in [6.45, 7) is 1.98. The lowest BCUT2D eigenvalue weighted by Crippen LogP contribution is -2.24. The molecule has 82 valence electrons. The molecule has 16 heavy (non-hydrogen) atoms. The molecule has 0 fully saturated rings. The van der Waals surface area contributed by atoms with E-state index in [0.29, 0.717) is 0 Å². The molecule has 0 radical (unpaired) electrons. The van der Waals surface area contributed by atoms with Crippen LogP contribution in [0.1, 0.15) is 18.4 Å². The number of aromatic nitrogens is 1. The third kappa shape index (κ3) is 1.19. The van der Waals surface area contributed by atoms with Gasteiger partial charge >= 0.3 is 5.97 Å². The van der Waals surface area contributed by atoms with Crippen molar-refractivity contribution in [1.29, 1.82) is 0 Å². The van der Waals surface area contributed by atoms with E-state index in [1.807, 2.05) is 31.3 Å². The van der Waals surface area contributed by atoms with E-state index in [2.05, 4.69) is 4.98 Å². The van der Waals surface area contributed by atoms with Gasteiger partial charge in [-0.15, -0.1) is 11.8 Å². The number of aliphatic carboxylic acids is 1. The third-order valence-electron chi connectivity index (χ3n) is 3.14. The molecular formula is C12H11NO2S. The van der Waals surface area contributed by atoms with E-state index in [1.165, 1.54) is 17.1 Å². The topological polar surface area (TPSA) is 53.1 Å². The van der Waals surface area contributed by atoms with Crippen LogP contribution in [0.2, 0.25) is 0 Å². The lowest BCUT2D eigenvalue weighted by molar-refractivity contribution is -0.136. The molecule has 0 saturated heterocycles. The zero-order valence-corrected chi connectivity index (χ0v) is 9.54. The average Bonchev–Trinajstić information content (AvgIpc) is 2.68. The monoisotopic (exact) mass is 233 g/mol. The molecule has 1 aliphatic heterocycles. The maximum Gasteiger partial charge on any atom is 0.317 e. The Bertz CT molecular complexity index is 575. The molecule has 1 aromatic heterocycles. The first-order valence-corrected chi connectivity index (χ1v) is 6.06. The highest BCUT2D eigenvalue weighted by molar-refractivity contribution is 8.01. The van der Waals surface area contributed by atoms with Crippen molar-refractivity contribution in [1.82, 2.24) is 4.98 Å². The van der Waals surface area contributed by atoms with E-state index in [-0.39, 0.29) is 11.2 Å². The van der Waals surface area contributed by atoms with Crippen LogP contribution in [0.25, 0.3) is 10.9 Å². The predicted molar refractivity (Wildman–Crippen MR) is 64.0 cm³/mol. The lowest BCUT2D eigenvalue weighted by atomic mass is 9.96. The van der Waals surface area contributed by atoms with E-state index < -0.39 is 5.97 Å². The van der Waals surface area contributed by atoms with Gasteiger partial charge in [0.15, 0.2) is 0 Å². The zero-order valence-electron chi connectivity index (χ0n) is 8.73. The summed E-state index contributed by atoms with van der Waals surface area (Å²) >= 11 is 1.45. The fraction of sp³-hybridized carbons (Fsp3) is 0.250. The normalized spacial score (nSPS) is 23.6. The predicted octanol–water partition coefficient (Wildman–Crippen LogP) is 2.83. The van der Waals surface area contributed by atoms with Crippen LogP contribution in [0.5, 0.6) is 0 Å². The molecule has 4 heteroatoms. The number of carbonyl (C=O) groups is 1. The van der Waals surface area contributed by atoms with Crippen molar-refractivity contribution in [2.24, 2.45) is 0 Å². The van der Waals surface area contributed by atoms with Gasteiger partial charge in [0.1, 0.15) is 5.25 Å². The van der Waals surface area contributed by atoms with Crippen molar-refractivity contribution in [2.75, 3.05) is 0 Å². The van der Waals surface area contributed by atoms with Crippen molar-refractivity contribution in [3.8, 4) is 0 Å². The maximum atomic E-state index is 11.2. The van der Waals surface area contributed by atoms with Crippen molar-refractivity contribution >= 4 is 28.6 Å². The van der Waals surface area contributed by atoms with Gasteiger partial charge in [0.25, 0.3) is 0 Å². The molecule has 2 atom stereocenters. The molecule has 0 saturated carbocycles. The minimum Gasteiger partial charge on any atom is -0.480 e. The summed E-state index contributed by atoms with van der Waals surface area (Å²) < 4.78 is 0. The van der Waals surface area contributed by atoms with Crippen LogP contribution >= 0.6 is 11.8 Å². The average molecular weight is 233 g/mol. The molecule has 2 aromatic rings. The number of thioether (sulfide) groups is 1. The molecule has 2 heterocycles. The Morgan fingerprint density at radius 2 is 2.31 bits per heavy atom. The summed E-state index contributed by atoms with van der Waals surface area (Å²) in [5.74, 6) is -0.687. The van der Waals surface area contributed by atoms with Gasteiger partial charge in [0, 0.05) is 27.9 Å². The van der Waals surface area contributed by atoms with Gasteiger partial charge in [0.2, 0.25) is 0 Å². The molecule has 2 N–H and O–H groups in total. The van der Waals surface area contributed by atoms with E-state index in [4.69, 9.17) is 0 Å². The first kappa shape index (κ1) is 9.78. The fourth-order valence-corrected chi connectivity index (χ4v) is 3.53. The summed E-state index contributed by atoms with van der Waals surface area (Å²) in [6.07, 6.45) is 1.94. The first-order valence-electron chi connectivity index (χ1n) is 5.18. The summed E-state index contributed by atoms with van der Waals surface area (Å²) in [5, 5.41) is 10.0. The number of H-pyrrole nitrogens is 1. The molecule has 3 nitrogen and oxygen atoms in total. The first-order chi connectivity index (χ1) is 7.68. The van der Waals surface area contributed by atoms with Crippen LogP contribution in [0.4, 0.5) is 0 Å². The van der Waals surface area contributed by atoms with Crippen LogP contribution in [-0.4, -0.2) is 21.3 Å². The second-order valence-electron chi connectivity index (χ2n) is 4.09. The largest absolute Gasteiger partial charge is 0.480 e. The van der Waals surface area contributed by atoms with Gasteiger partial charge < -0.3 is 10.1 Å². The second kappa shape index (κ2) is 3.28. The Kier molecular flexibility index (Phi) is 2.01. The molecule has 1 aliphatic rings. The third-order valence-corrected chi connectivity index (χ3v) is 4.60. The van der Waals surface area contributed by atoms with Gasteiger partial charge in [-0.25, -0.2) is 0 Å². The molecule has 0 amide bonds. The zero-order chi connectivity index (χ0) is 11.3. The van der Waals surface area contributed by atoms with Crippen molar-refractivity contribution in [2.45, 2.75) is 23.0 Å². The summed E-state index contributed by atoms with van der Waals surface area (Å²) in [7, 11) is 0. The molecular weight excluding hydrogens is 222 g/mol. The Morgan fingerprint density at radius 1 is 1.50 bits per heavy atom. The molecule has 1 aromatic carbocycles. The van der Waals surface area contributed by atoms with E-state index in [1.54, 1.807) is 0 Å². The number of hydrogen-bond acceptors (Lipinski definition) is 2. The van der Waals surface area contributed by atoms with Gasteiger partial charge in [-0.05, 0) is 17.7 Å². The van der Waals surface area contributed by atoms with Crippen LogP contribution in [0.3, 0.4) is 0 Å². The number of hydrogen-bond donors (Lipinski definition) is 2. The number of benzene rings is 1. The number of nitrogens with one attached hydrogen (secondary N) is 1. The number of carboxylic acids is 1. The SMILES string of the molecule is C[C@H]1c2c[nH]c3cccc(c23)S[C@H]1C(=O)O. The van der Waals surface area contributed by atoms with Crippen LogP contribution < -0.4 is 0 Å². The van der Waals surface area contributed by atoms with Crippen molar-refractivity contribution < 1.29 is 9.90 Å². The quantitative estimate of drug-likeness (QED) is 0.796. The van der Waals surface area contributed by atoms with Gasteiger partial charge in [-0.2, -0.15) is 0 Å². The molecule has 3 rings (SSSR count). The highest BCUT2D eigenvalue weighted by atomic mass is 32.2. The smallest absolute Gasteiger partial charge is 0.317 e. The molecule has 0 aliphatic carbocycles. The molecule has 0 bridgehead atoms. The van der Waals surface area contributed by atoms with Crippen LogP contribution in [0.15, 0.2) is 29.3 Å². The van der Waals surface area contributed by atoms with E-state index in [9.17, 15) is 9.90 Å². The number of rotatable bonds is 1. The molecule has 0 spiro atoms. The second-order valence-corrected chi connectivity index (χ2v) is 5.27.